The zero-order valence-electron chi connectivity index (χ0n) is 16.4. The largest absolute Gasteiger partial charge is 0.381 e. The van der Waals surface area contributed by atoms with E-state index in [0.29, 0.717) is 6.04 Å². The minimum atomic E-state index is -0.146. The molecule has 1 aromatic carbocycles. The molecule has 3 rings (SSSR count). The van der Waals surface area contributed by atoms with Crippen LogP contribution in [-0.2, 0) is 9.47 Å². The highest BCUT2D eigenvalue weighted by Crippen LogP contribution is 2.23. The van der Waals surface area contributed by atoms with Gasteiger partial charge in [-0.2, -0.15) is 0 Å². The summed E-state index contributed by atoms with van der Waals surface area (Å²) in [5.41, 5.74) is 1.17. The van der Waals surface area contributed by atoms with Crippen molar-refractivity contribution in [3.63, 3.8) is 0 Å². The van der Waals surface area contributed by atoms with E-state index in [0.717, 1.165) is 64.5 Å². The molecule has 2 aliphatic heterocycles. The summed E-state index contributed by atoms with van der Waals surface area (Å²) in [5.74, 6) is 0.867. The van der Waals surface area contributed by atoms with Crippen LogP contribution >= 0.6 is 24.0 Å². The topological polar surface area (TPSA) is 58.1 Å². The molecule has 0 aliphatic carbocycles. The molecule has 0 radical (unpaired) electrons. The molecule has 2 aliphatic rings. The van der Waals surface area contributed by atoms with E-state index in [1.165, 1.54) is 5.69 Å². The number of nitrogens with zero attached hydrogens (tertiary/aromatic N) is 2. The van der Waals surface area contributed by atoms with E-state index < -0.39 is 0 Å². The van der Waals surface area contributed by atoms with Crippen molar-refractivity contribution in [2.24, 2.45) is 4.99 Å². The Morgan fingerprint density at radius 3 is 2.48 bits per heavy atom. The van der Waals surface area contributed by atoms with Gasteiger partial charge in [0, 0.05) is 71.6 Å². The van der Waals surface area contributed by atoms with Crippen molar-refractivity contribution in [1.29, 1.82) is 0 Å². The highest BCUT2D eigenvalue weighted by Gasteiger charge is 2.32. The van der Waals surface area contributed by atoms with Gasteiger partial charge in [0.05, 0.1) is 5.60 Å². The first-order valence-electron chi connectivity index (χ1n) is 9.65. The molecule has 2 fully saturated rings. The van der Waals surface area contributed by atoms with Gasteiger partial charge in [-0.05, 0) is 25.0 Å². The van der Waals surface area contributed by atoms with Crippen LogP contribution in [0, 0.1) is 0 Å². The van der Waals surface area contributed by atoms with Crippen LogP contribution in [0.15, 0.2) is 35.3 Å². The maximum atomic E-state index is 5.79. The molecule has 0 unspecified atom stereocenters. The van der Waals surface area contributed by atoms with Crippen LogP contribution in [0.5, 0.6) is 0 Å². The number of para-hydroxylation sites is 1. The number of piperidine rings is 1. The van der Waals surface area contributed by atoms with E-state index in [1.807, 2.05) is 7.05 Å². The number of hydrogen-bond acceptors (Lipinski definition) is 4. The second kappa shape index (κ2) is 11.1. The SMILES string of the molecule is CN=C(NCC1(OC)CCOCC1)NC1CCN(c2ccccc2)CC1.I. The molecule has 152 valence electrons. The van der Waals surface area contributed by atoms with Crippen LogP contribution in [-0.4, -0.2) is 64.6 Å². The van der Waals surface area contributed by atoms with Crippen LogP contribution in [0.25, 0.3) is 0 Å². The third-order valence-electron chi connectivity index (χ3n) is 5.60. The average molecular weight is 488 g/mol. The summed E-state index contributed by atoms with van der Waals surface area (Å²) in [5, 5.41) is 7.05. The molecule has 2 N–H and O–H groups in total. The quantitative estimate of drug-likeness (QED) is 0.379. The number of halogens is 1. The zero-order chi connectivity index (χ0) is 18.2. The van der Waals surface area contributed by atoms with Crippen molar-refractivity contribution in [3.8, 4) is 0 Å². The Hall–Kier alpha value is -1.06. The molecule has 0 bridgehead atoms. The predicted molar refractivity (Wildman–Crippen MR) is 121 cm³/mol. The van der Waals surface area contributed by atoms with Gasteiger partial charge in [-0.25, -0.2) is 0 Å². The maximum absolute atomic E-state index is 5.79. The average Bonchev–Trinajstić information content (AvgIpc) is 2.73. The summed E-state index contributed by atoms with van der Waals surface area (Å²) in [6, 6.07) is 11.1. The van der Waals surface area contributed by atoms with E-state index in [-0.39, 0.29) is 29.6 Å². The van der Waals surface area contributed by atoms with Crippen molar-refractivity contribution < 1.29 is 9.47 Å². The Morgan fingerprint density at radius 1 is 1.22 bits per heavy atom. The molecule has 27 heavy (non-hydrogen) atoms. The number of aliphatic imine (C=N–C) groups is 1. The van der Waals surface area contributed by atoms with Gasteiger partial charge in [-0.1, -0.05) is 18.2 Å². The lowest BCUT2D eigenvalue weighted by atomic mass is 9.94. The molecular weight excluding hydrogens is 455 g/mol. The third-order valence-corrected chi connectivity index (χ3v) is 5.60. The highest BCUT2D eigenvalue weighted by atomic mass is 127. The van der Waals surface area contributed by atoms with Crippen molar-refractivity contribution in [1.82, 2.24) is 10.6 Å². The Labute approximate surface area is 180 Å². The van der Waals surface area contributed by atoms with Crippen molar-refractivity contribution in [3.05, 3.63) is 30.3 Å². The number of ether oxygens (including phenoxy) is 2. The molecule has 0 spiro atoms. The molecule has 0 saturated carbocycles. The number of benzene rings is 1. The Balaban J connectivity index is 0.00000261. The van der Waals surface area contributed by atoms with Crippen LogP contribution in [0.3, 0.4) is 0 Å². The molecule has 0 aromatic heterocycles. The third kappa shape index (κ3) is 6.22. The van der Waals surface area contributed by atoms with Gasteiger partial charge >= 0.3 is 0 Å². The molecule has 2 saturated heterocycles. The van der Waals surface area contributed by atoms with Crippen molar-refractivity contribution >= 4 is 35.6 Å². The van der Waals surface area contributed by atoms with Gasteiger partial charge in [0.2, 0.25) is 0 Å². The lowest BCUT2D eigenvalue weighted by molar-refractivity contribution is -0.0855. The van der Waals surface area contributed by atoms with Crippen LogP contribution in [0.4, 0.5) is 5.69 Å². The first-order chi connectivity index (χ1) is 12.7. The summed E-state index contributed by atoms with van der Waals surface area (Å²) in [6.07, 6.45) is 4.06. The minimum Gasteiger partial charge on any atom is -0.381 e. The van der Waals surface area contributed by atoms with Crippen LogP contribution in [0.1, 0.15) is 25.7 Å². The van der Waals surface area contributed by atoms with Gasteiger partial charge < -0.3 is 25.0 Å². The fourth-order valence-electron chi connectivity index (χ4n) is 3.75. The number of guanidine groups is 1. The Bertz CT molecular complexity index is 571. The van der Waals surface area contributed by atoms with Gasteiger partial charge in [0.15, 0.2) is 5.96 Å². The fourth-order valence-corrected chi connectivity index (χ4v) is 3.75. The van der Waals surface area contributed by atoms with Gasteiger partial charge in [-0.15, -0.1) is 24.0 Å². The predicted octanol–water partition coefficient (Wildman–Crippen LogP) is 2.63. The number of rotatable bonds is 5. The standard InChI is InChI=1S/C20H32N4O2.HI/c1-21-19(22-16-20(25-2)10-14-26-15-11-20)23-17-8-12-24(13-9-17)18-6-4-3-5-7-18;/h3-7,17H,8-16H2,1-2H3,(H2,21,22,23);1H. The van der Waals surface area contributed by atoms with E-state index >= 15 is 0 Å². The normalized spacial score (nSPS) is 20.7. The van der Waals surface area contributed by atoms with E-state index in [1.54, 1.807) is 7.11 Å². The van der Waals surface area contributed by atoms with E-state index in [4.69, 9.17) is 9.47 Å². The summed E-state index contributed by atoms with van der Waals surface area (Å²) >= 11 is 0. The number of methoxy groups -OCH3 is 1. The van der Waals surface area contributed by atoms with Gasteiger partial charge in [-0.3, -0.25) is 4.99 Å². The Morgan fingerprint density at radius 2 is 1.89 bits per heavy atom. The van der Waals surface area contributed by atoms with Crippen molar-refractivity contribution in [2.75, 3.05) is 51.9 Å². The molecule has 6 nitrogen and oxygen atoms in total. The van der Waals surface area contributed by atoms with Gasteiger partial charge in [0.1, 0.15) is 0 Å². The second-order valence-electron chi connectivity index (χ2n) is 7.17. The van der Waals surface area contributed by atoms with Crippen LogP contribution < -0.4 is 15.5 Å². The molecule has 0 amide bonds. The number of nitrogens with one attached hydrogen (secondary N) is 2. The lowest BCUT2D eigenvalue weighted by Gasteiger charge is -2.37. The highest BCUT2D eigenvalue weighted by molar-refractivity contribution is 14.0. The first-order valence-corrected chi connectivity index (χ1v) is 9.65. The zero-order valence-corrected chi connectivity index (χ0v) is 18.8. The summed E-state index contributed by atoms with van der Waals surface area (Å²) < 4.78 is 11.3. The second-order valence-corrected chi connectivity index (χ2v) is 7.17. The fraction of sp³-hybridized carbons (Fsp3) is 0.650. The van der Waals surface area contributed by atoms with E-state index in [9.17, 15) is 0 Å². The summed E-state index contributed by atoms with van der Waals surface area (Å²) in [7, 11) is 3.63. The molecule has 7 heteroatoms. The molecule has 0 atom stereocenters. The number of hydrogen-bond donors (Lipinski definition) is 2. The molecule has 1 aromatic rings. The monoisotopic (exact) mass is 488 g/mol. The maximum Gasteiger partial charge on any atom is 0.191 e. The van der Waals surface area contributed by atoms with Gasteiger partial charge in [0.25, 0.3) is 0 Å². The molecular formula is C20H33IN4O2. The lowest BCUT2D eigenvalue weighted by Crippen LogP contribution is -2.53. The molecule has 2 heterocycles. The van der Waals surface area contributed by atoms with Crippen molar-refractivity contribution in [2.45, 2.75) is 37.3 Å². The summed E-state index contributed by atoms with van der Waals surface area (Å²) in [6.45, 7) is 4.42. The van der Waals surface area contributed by atoms with E-state index in [2.05, 4.69) is 50.9 Å². The summed E-state index contributed by atoms with van der Waals surface area (Å²) in [4.78, 5) is 6.86. The minimum absolute atomic E-state index is 0. The van der Waals surface area contributed by atoms with Crippen LogP contribution in [0.2, 0.25) is 0 Å². The number of anilines is 1. The first kappa shape index (κ1) is 22.2. The Kier molecular flexibility index (Phi) is 9.11. The smallest absolute Gasteiger partial charge is 0.191 e.